The van der Waals surface area contributed by atoms with Gasteiger partial charge in [0.05, 0.1) is 6.61 Å². The summed E-state index contributed by atoms with van der Waals surface area (Å²) in [7, 11) is 0. The lowest BCUT2D eigenvalue weighted by molar-refractivity contribution is -0.174. The lowest BCUT2D eigenvalue weighted by Gasteiger charge is -2.23. The van der Waals surface area contributed by atoms with Crippen LogP contribution in [-0.2, 0) is 28.5 Å². The molecule has 2 rings (SSSR count). The quantitative estimate of drug-likeness (QED) is 0.487. The van der Waals surface area contributed by atoms with E-state index in [0.717, 1.165) is 26.1 Å². The average molecular weight is 447 g/mol. The maximum absolute atomic E-state index is 14.9. The molecule has 0 radical (unpaired) electrons. The van der Waals surface area contributed by atoms with Crippen LogP contribution in [0.4, 0.5) is 19.4 Å². The third kappa shape index (κ3) is 6.20. The molecule has 0 bridgehead atoms. The summed E-state index contributed by atoms with van der Waals surface area (Å²) in [5.41, 5.74) is -1.17. The summed E-state index contributed by atoms with van der Waals surface area (Å²) in [5.74, 6) is -5.75. The monoisotopic (exact) mass is 447 g/mol. The number of esters is 2. The Balaban J connectivity index is 2.23. The van der Waals surface area contributed by atoms with E-state index in [1.807, 2.05) is 13.8 Å². The number of nitrogens with one attached hydrogen (secondary N) is 1. The largest absolute Gasteiger partial charge is 0.463 e. The summed E-state index contributed by atoms with van der Waals surface area (Å²) in [6, 6.07) is 1.09. The molecule has 11 nitrogen and oxygen atoms in total. The van der Waals surface area contributed by atoms with Crippen LogP contribution in [0, 0.1) is 5.92 Å². The highest BCUT2D eigenvalue weighted by molar-refractivity contribution is 5.83. The molecule has 31 heavy (non-hydrogen) atoms. The van der Waals surface area contributed by atoms with Gasteiger partial charge in [-0.3, -0.25) is 19.5 Å². The second-order valence-corrected chi connectivity index (χ2v) is 7.15. The summed E-state index contributed by atoms with van der Waals surface area (Å²) in [5, 5.41) is 2.21. The van der Waals surface area contributed by atoms with Crippen LogP contribution in [0.25, 0.3) is 0 Å². The fraction of sp³-hybridized carbons (Fsp3) is 0.611. The SMILES string of the molecule is CC(=O)OCC1OC(n2ccc(NC(=O)OCC(C)C)nc2=O)C(F)(F)C1OC(C)=O. The number of ether oxygens (including phenoxy) is 4. The molecular weight excluding hydrogens is 424 g/mol. The van der Waals surface area contributed by atoms with Crippen LogP contribution < -0.4 is 11.0 Å². The van der Waals surface area contributed by atoms with Crippen molar-refractivity contribution in [2.24, 2.45) is 5.92 Å². The van der Waals surface area contributed by atoms with Gasteiger partial charge in [-0.05, 0) is 12.0 Å². The van der Waals surface area contributed by atoms with E-state index in [0.29, 0.717) is 4.57 Å². The van der Waals surface area contributed by atoms with Gasteiger partial charge >= 0.3 is 29.6 Å². The van der Waals surface area contributed by atoms with Crippen molar-refractivity contribution in [3.05, 3.63) is 22.7 Å². The van der Waals surface area contributed by atoms with Gasteiger partial charge in [-0.15, -0.1) is 0 Å². The Kier molecular flexibility index (Phi) is 7.65. The van der Waals surface area contributed by atoms with Crippen molar-refractivity contribution >= 4 is 23.8 Å². The number of halogens is 2. The fourth-order valence-electron chi connectivity index (χ4n) is 2.67. The summed E-state index contributed by atoms with van der Waals surface area (Å²) in [6.45, 7) is 5.16. The molecular formula is C18H23F2N3O8. The van der Waals surface area contributed by atoms with E-state index in [2.05, 4.69) is 15.0 Å². The Morgan fingerprint density at radius 1 is 1.26 bits per heavy atom. The Hall–Kier alpha value is -3.09. The van der Waals surface area contributed by atoms with E-state index in [4.69, 9.17) is 14.2 Å². The Bertz CT molecular complexity index is 889. The minimum atomic E-state index is -3.85. The second kappa shape index (κ2) is 9.81. The Labute approximate surface area is 175 Å². The number of hydrogen-bond acceptors (Lipinski definition) is 9. The molecule has 0 spiro atoms. The zero-order chi connectivity index (χ0) is 23.3. The number of carbonyl (C=O) groups excluding carboxylic acids is 3. The molecule has 3 unspecified atom stereocenters. The molecule has 172 valence electrons. The van der Waals surface area contributed by atoms with E-state index in [1.165, 1.54) is 0 Å². The van der Waals surface area contributed by atoms with Gasteiger partial charge in [0.25, 0.3) is 0 Å². The maximum atomic E-state index is 14.9. The summed E-state index contributed by atoms with van der Waals surface area (Å²) < 4.78 is 49.8. The van der Waals surface area contributed by atoms with Crippen molar-refractivity contribution in [3.8, 4) is 0 Å². The zero-order valence-corrected chi connectivity index (χ0v) is 17.3. The van der Waals surface area contributed by atoms with Crippen molar-refractivity contribution in [1.29, 1.82) is 0 Å². The lowest BCUT2D eigenvalue weighted by Crippen LogP contribution is -2.44. The number of alkyl halides is 2. The van der Waals surface area contributed by atoms with E-state index in [9.17, 15) is 28.0 Å². The van der Waals surface area contributed by atoms with E-state index in [-0.39, 0.29) is 18.3 Å². The number of anilines is 1. The number of hydrogen-bond donors (Lipinski definition) is 1. The van der Waals surface area contributed by atoms with Crippen LogP contribution >= 0.6 is 0 Å². The number of amides is 1. The molecule has 1 amide bonds. The van der Waals surface area contributed by atoms with Crippen molar-refractivity contribution in [1.82, 2.24) is 9.55 Å². The zero-order valence-electron chi connectivity index (χ0n) is 17.3. The van der Waals surface area contributed by atoms with Crippen LogP contribution in [0.1, 0.15) is 33.9 Å². The van der Waals surface area contributed by atoms with Crippen LogP contribution in [0.3, 0.4) is 0 Å². The number of rotatable bonds is 7. The van der Waals surface area contributed by atoms with E-state index in [1.54, 1.807) is 0 Å². The summed E-state index contributed by atoms with van der Waals surface area (Å²) >= 11 is 0. The van der Waals surface area contributed by atoms with Crippen molar-refractivity contribution in [2.75, 3.05) is 18.5 Å². The number of nitrogens with zero attached hydrogens (tertiary/aromatic N) is 2. The molecule has 1 N–H and O–H groups in total. The molecule has 1 fully saturated rings. The van der Waals surface area contributed by atoms with E-state index >= 15 is 0 Å². The average Bonchev–Trinajstić information content (AvgIpc) is 2.88. The third-order valence-corrected chi connectivity index (χ3v) is 3.95. The predicted octanol–water partition coefficient (Wildman–Crippen LogP) is 1.48. The van der Waals surface area contributed by atoms with Gasteiger partial charge in [0.2, 0.25) is 6.23 Å². The minimum Gasteiger partial charge on any atom is -0.463 e. The molecule has 3 atom stereocenters. The predicted molar refractivity (Wildman–Crippen MR) is 99.3 cm³/mol. The molecule has 1 aromatic heterocycles. The highest BCUT2D eigenvalue weighted by atomic mass is 19.3. The molecule has 1 aliphatic heterocycles. The molecule has 13 heteroatoms. The van der Waals surface area contributed by atoms with Gasteiger partial charge in [0.15, 0.2) is 6.10 Å². The molecule has 1 aliphatic rings. The summed E-state index contributed by atoms with van der Waals surface area (Å²) in [6.07, 6.45) is -5.75. The molecule has 2 heterocycles. The number of aromatic nitrogens is 2. The van der Waals surface area contributed by atoms with Gasteiger partial charge in [-0.25, -0.2) is 9.59 Å². The second-order valence-electron chi connectivity index (χ2n) is 7.15. The van der Waals surface area contributed by atoms with Crippen molar-refractivity contribution in [3.63, 3.8) is 0 Å². The number of carbonyl (C=O) groups is 3. The molecule has 1 aromatic rings. The fourth-order valence-corrected chi connectivity index (χ4v) is 2.67. The van der Waals surface area contributed by atoms with Crippen LogP contribution in [-0.4, -0.2) is 58.9 Å². The molecule has 1 saturated heterocycles. The van der Waals surface area contributed by atoms with Crippen LogP contribution in [0.5, 0.6) is 0 Å². The Morgan fingerprint density at radius 2 is 1.94 bits per heavy atom. The highest BCUT2D eigenvalue weighted by Crippen LogP contribution is 2.44. The highest BCUT2D eigenvalue weighted by Gasteiger charge is 2.62. The van der Waals surface area contributed by atoms with Gasteiger partial charge in [-0.2, -0.15) is 13.8 Å². The first-order chi connectivity index (χ1) is 14.4. The standard InChI is InChI=1S/C18H23F2N3O8/c1-9(2)7-29-17(27)22-13-5-6-23(16(26)21-13)15-18(19,20)14(30-11(4)25)12(31-15)8-28-10(3)24/h5-6,9,12,14-15H,7-8H2,1-4H3,(H,21,22,26,27). The lowest BCUT2D eigenvalue weighted by atomic mass is 10.1. The van der Waals surface area contributed by atoms with Gasteiger partial charge in [-0.1, -0.05) is 13.8 Å². The van der Waals surface area contributed by atoms with Crippen molar-refractivity contribution < 1.29 is 42.1 Å². The van der Waals surface area contributed by atoms with Crippen molar-refractivity contribution in [2.45, 2.75) is 52.1 Å². The molecule has 0 saturated carbocycles. The summed E-state index contributed by atoms with van der Waals surface area (Å²) in [4.78, 5) is 49.8. The first kappa shape index (κ1) is 24.2. The van der Waals surface area contributed by atoms with Crippen LogP contribution in [0.2, 0.25) is 0 Å². The van der Waals surface area contributed by atoms with Gasteiger partial charge in [0, 0.05) is 20.0 Å². The minimum absolute atomic E-state index is 0.0820. The normalized spacial score (nSPS) is 22.1. The first-order valence-corrected chi connectivity index (χ1v) is 9.28. The Morgan fingerprint density at radius 3 is 2.48 bits per heavy atom. The van der Waals surface area contributed by atoms with Gasteiger partial charge in [0.1, 0.15) is 18.5 Å². The first-order valence-electron chi connectivity index (χ1n) is 9.28. The molecule has 0 aromatic carbocycles. The van der Waals surface area contributed by atoms with E-state index < -0.39 is 54.7 Å². The van der Waals surface area contributed by atoms with Crippen LogP contribution in [0.15, 0.2) is 17.1 Å². The molecule has 0 aliphatic carbocycles. The third-order valence-electron chi connectivity index (χ3n) is 3.95. The smallest absolute Gasteiger partial charge is 0.412 e. The topological polar surface area (TPSA) is 135 Å². The maximum Gasteiger partial charge on any atom is 0.412 e. The van der Waals surface area contributed by atoms with Gasteiger partial charge < -0.3 is 18.9 Å².